The van der Waals surface area contributed by atoms with Crippen LogP contribution in [0.15, 0.2) is 24.3 Å². The van der Waals surface area contributed by atoms with Gasteiger partial charge in [-0.2, -0.15) is 0 Å². The van der Waals surface area contributed by atoms with E-state index in [0.717, 1.165) is 11.5 Å². The molecule has 1 aromatic carbocycles. The van der Waals surface area contributed by atoms with Crippen molar-refractivity contribution in [2.45, 2.75) is 6.92 Å². The molecule has 0 fully saturated rings. The van der Waals surface area contributed by atoms with Crippen LogP contribution in [-0.2, 0) is 0 Å². The maximum atomic E-state index is 5.27. The van der Waals surface area contributed by atoms with Gasteiger partial charge in [-0.05, 0) is 47.1 Å². The second-order valence-electron chi connectivity index (χ2n) is 2.16. The van der Waals surface area contributed by atoms with Crippen LogP contribution in [-0.4, -0.2) is 12.1 Å². The van der Waals surface area contributed by atoms with Gasteiger partial charge in [0.05, 0.1) is 6.61 Å². The lowest BCUT2D eigenvalue weighted by atomic mass is 10.3. The third kappa shape index (κ3) is 2.74. The van der Waals surface area contributed by atoms with E-state index in [0.29, 0.717) is 12.1 Å². The lowest BCUT2D eigenvalue weighted by Crippen LogP contribution is -1.92. The van der Waals surface area contributed by atoms with E-state index in [-0.39, 0.29) is 0 Å². The summed E-state index contributed by atoms with van der Waals surface area (Å²) in [6.45, 7) is 2.65. The van der Waals surface area contributed by atoms with E-state index in [1.165, 1.54) is 0 Å². The highest BCUT2D eigenvalue weighted by Crippen LogP contribution is 2.17. The summed E-state index contributed by atoms with van der Waals surface area (Å²) < 4.78 is 10.5. The van der Waals surface area contributed by atoms with E-state index in [9.17, 15) is 0 Å². The Morgan fingerprint density at radius 1 is 1.08 bits per heavy atom. The van der Waals surface area contributed by atoms with Crippen molar-refractivity contribution in [2.75, 3.05) is 12.1 Å². The molecule has 12 heavy (non-hydrogen) atoms. The average molecular weight is 231 g/mol. The average Bonchev–Trinajstić information content (AvgIpc) is 2.09. The van der Waals surface area contributed by atoms with Crippen LogP contribution in [0.5, 0.6) is 11.5 Å². The van der Waals surface area contributed by atoms with E-state index < -0.39 is 0 Å². The molecule has 0 N–H and O–H groups in total. The highest BCUT2D eigenvalue weighted by molar-refractivity contribution is 9.09. The van der Waals surface area contributed by atoms with Crippen LogP contribution in [0.1, 0.15) is 6.92 Å². The minimum atomic E-state index is 0.515. The molecule has 0 amide bonds. The maximum Gasteiger partial charge on any atom is 0.143 e. The maximum absolute atomic E-state index is 5.27. The quantitative estimate of drug-likeness (QED) is 0.742. The molecule has 0 spiro atoms. The molecule has 0 bridgehead atoms. The number of hydrogen-bond donors (Lipinski definition) is 0. The summed E-state index contributed by atoms with van der Waals surface area (Å²) >= 11 is 3.18. The fourth-order valence-electron chi connectivity index (χ4n) is 0.862. The lowest BCUT2D eigenvalue weighted by molar-refractivity contribution is 0.338. The molecule has 0 atom stereocenters. The van der Waals surface area contributed by atoms with Crippen molar-refractivity contribution in [3.8, 4) is 11.5 Å². The predicted octanol–water partition coefficient (Wildman–Crippen LogP) is 2.82. The Hall–Kier alpha value is -0.700. The van der Waals surface area contributed by atoms with E-state index in [2.05, 4.69) is 15.9 Å². The first-order valence-corrected chi connectivity index (χ1v) is 4.90. The molecule has 0 aliphatic heterocycles. The molecular formula is C9H11BrO2. The minimum absolute atomic E-state index is 0.515. The van der Waals surface area contributed by atoms with Crippen molar-refractivity contribution in [3.05, 3.63) is 24.3 Å². The third-order valence-corrected chi connectivity index (χ3v) is 1.58. The van der Waals surface area contributed by atoms with Crippen LogP contribution in [0, 0.1) is 0 Å². The minimum Gasteiger partial charge on any atom is -0.494 e. The lowest BCUT2D eigenvalue weighted by Gasteiger charge is -2.04. The molecule has 0 saturated carbocycles. The van der Waals surface area contributed by atoms with Crippen LogP contribution in [0.25, 0.3) is 0 Å². The van der Waals surface area contributed by atoms with Crippen LogP contribution in [0.4, 0.5) is 0 Å². The van der Waals surface area contributed by atoms with E-state index in [1.807, 2.05) is 31.2 Å². The Bertz CT molecular complexity index is 195. The molecule has 66 valence electrons. The molecule has 0 radical (unpaired) electrons. The fraction of sp³-hybridized carbons (Fsp3) is 0.333. The third-order valence-electron chi connectivity index (χ3n) is 1.36. The summed E-state index contributed by atoms with van der Waals surface area (Å²) in [6.07, 6.45) is 0. The molecule has 0 aliphatic carbocycles. The van der Waals surface area contributed by atoms with E-state index in [1.54, 1.807) is 0 Å². The molecule has 0 saturated heterocycles. The Morgan fingerprint density at radius 2 is 1.58 bits per heavy atom. The molecular weight excluding hydrogens is 220 g/mol. The van der Waals surface area contributed by atoms with Crippen molar-refractivity contribution < 1.29 is 9.47 Å². The van der Waals surface area contributed by atoms with Crippen molar-refractivity contribution in [1.82, 2.24) is 0 Å². The number of ether oxygens (including phenoxy) is 2. The van der Waals surface area contributed by atoms with Crippen LogP contribution in [0.2, 0.25) is 0 Å². The second-order valence-corrected chi connectivity index (χ2v) is 2.62. The molecule has 1 aromatic rings. The summed E-state index contributed by atoms with van der Waals surface area (Å²) in [7, 11) is 0. The Balaban J connectivity index is 2.58. The van der Waals surface area contributed by atoms with Gasteiger partial charge in [0.2, 0.25) is 0 Å². The number of rotatable bonds is 4. The van der Waals surface area contributed by atoms with Crippen LogP contribution < -0.4 is 9.47 Å². The topological polar surface area (TPSA) is 18.5 Å². The van der Waals surface area contributed by atoms with Crippen LogP contribution >= 0.6 is 15.9 Å². The first-order chi connectivity index (χ1) is 5.86. The number of alkyl halides is 1. The Kier molecular flexibility index (Phi) is 3.94. The second kappa shape index (κ2) is 5.04. The smallest absolute Gasteiger partial charge is 0.143 e. The predicted molar refractivity (Wildman–Crippen MR) is 52.0 cm³/mol. The highest BCUT2D eigenvalue weighted by atomic mass is 79.9. The summed E-state index contributed by atoms with van der Waals surface area (Å²) in [6, 6.07) is 7.54. The first-order valence-electron chi connectivity index (χ1n) is 3.78. The number of benzene rings is 1. The van der Waals surface area contributed by atoms with Gasteiger partial charge in [0.1, 0.15) is 17.0 Å². The first kappa shape index (κ1) is 9.39. The zero-order valence-electron chi connectivity index (χ0n) is 6.92. The van der Waals surface area contributed by atoms with E-state index >= 15 is 0 Å². The van der Waals surface area contributed by atoms with Gasteiger partial charge in [-0.3, -0.25) is 0 Å². The van der Waals surface area contributed by atoms with Gasteiger partial charge in [0, 0.05) is 0 Å². The van der Waals surface area contributed by atoms with Gasteiger partial charge in [-0.25, -0.2) is 0 Å². The zero-order valence-corrected chi connectivity index (χ0v) is 8.50. The summed E-state index contributed by atoms with van der Waals surface area (Å²) in [4.78, 5) is 0. The van der Waals surface area contributed by atoms with Crippen molar-refractivity contribution in [2.24, 2.45) is 0 Å². The van der Waals surface area contributed by atoms with Gasteiger partial charge >= 0.3 is 0 Å². The number of hydrogen-bond acceptors (Lipinski definition) is 2. The van der Waals surface area contributed by atoms with E-state index in [4.69, 9.17) is 9.47 Å². The molecule has 1 rings (SSSR count). The molecule has 0 unspecified atom stereocenters. The molecule has 0 heterocycles. The van der Waals surface area contributed by atoms with Crippen molar-refractivity contribution in [1.29, 1.82) is 0 Å². The Morgan fingerprint density at radius 3 is 2.00 bits per heavy atom. The normalized spacial score (nSPS) is 9.50. The standard InChI is InChI=1S/C9H11BrO2/c1-2-11-8-3-5-9(6-4-8)12-7-10/h3-6H,2,7H2,1H3. The summed E-state index contributed by atoms with van der Waals surface area (Å²) in [5.74, 6) is 1.72. The van der Waals surface area contributed by atoms with Gasteiger partial charge in [0.15, 0.2) is 0 Å². The van der Waals surface area contributed by atoms with Gasteiger partial charge in [-0.1, -0.05) is 0 Å². The monoisotopic (exact) mass is 230 g/mol. The molecule has 2 nitrogen and oxygen atoms in total. The molecule has 0 aromatic heterocycles. The number of halogens is 1. The van der Waals surface area contributed by atoms with Crippen molar-refractivity contribution in [3.63, 3.8) is 0 Å². The summed E-state index contributed by atoms with van der Waals surface area (Å²) in [5.41, 5.74) is 0.515. The Labute approximate surface area is 80.6 Å². The van der Waals surface area contributed by atoms with Crippen molar-refractivity contribution >= 4 is 15.9 Å². The van der Waals surface area contributed by atoms with Gasteiger partial charge < -0.3 is 9.47 Å². The van der Waals surface area contributed by atoms with Gasteiger partial charge in [-0.15, -0.1) is 0 Å². The molecule has 3 heteroatoms. The fourth-order valence-corrected chi connectivity index (χ4v) is 1.13. The largest absolute Gasteiger partial charge is 0.494 e. The van der Waals surface area contributed by atoms with Crippen LogP contribution in [0.3, 0.4) is 0 Å². The van der Waals surface area contributed by atoms with Gasteiger partial charge in [0.25, 0.3) is 0 Å². The highest BCUT2D eigenvalue weighted by Gasteiger charge is 1.93. The molecule has 0 aliphatic rings. The summed E-state index contributed by atoms with van der Waals surface area (Å²) in [5, 5.41) is 0. The SMILES string of the molecule is CCOc1ccc(OCBr)cc1. The zero-order chi connectivity index (χ0) is 8.81.